The Hall–Kier alpha value is -0.0800. The van der Waals surface area contributed by atoms with Crippen LogP contribution in [0.5, 0.6) is 0 Å². The summed E-state index contributed by atoms with van der Waals surface area (Å²) in [6, 6.07) is 0. The highest BCUT2D eigenvalue weighted by atomic mass is 16.5. The third-order valence-electron chi connectivity index (χ3n) is 0.408. The highest BCUT2D eigenvalue weighted by Gasteiger charge is 1.64. The monoisotopic (exact) mass is 194 g/mol. The van der Waals surface area contributed by atoms with Gasteiger partial charge in [0.05, 0.1) is 0 Å². The zero-order valence-corrected chi connectivity index (χ0v) is 10.7. The molecule has 0 amide bonds. The van der Waals surface area contributed by atoms with Gasteiger partial charge in [-0.05, 0) is 20.8 Å². The van der Waals surface area contributed by atoms with E-state index in [2.05, 4.69) is 13.8 Å². The van der Waals surface area contributed by atoms with Crippen molar-refractivity contribution in [3.05, 3.63) is 0 Å². The van der Waals surface area contributed by atoms with Gasteiger partial charge in [-0.15, -0.1) is 0 Å². The van der Waals surface area contributed by atoms with E-state index in [9.17, 15) is 0 Å². The molecular weight excluding hydrogens is 164 g/mol. The van der Waals surface area contributed by atoms with Gasteiger partial charge in [-0.3, -0.25) is 0 Å². The third-order valence-corrected chi connectivity index (χ3v) is 0.408. The number of aliphatic hydroxyl groups excluding tert-OH is 1. The van der Waals surface area contributed by atoms with Gasteiger partial charge < -0.3 is 9.84 Å². The maximum Gasteiger partial charge on any atom is 0.0437 e. The minimum Gasteiger partial charge on any atom is -0.397 e. The Bertz CT molecular complexity index is 27.3. The molecule has 2 nitrogen and oxygen atoms in total. The van der Waals surface area contributed by atoms with Gasteiger partial charge in [-0.1, -0.05) is 34.1 Å². The molecule has 0 unspecified atom stereocenters. The summed E-state index contributed by atoms with van der Waals surface area (Å²) in [7, 11) is 0. The molecule has 0 atom stereocenters. The van der Waals surface area contributed by atoms with Crippen LogP contribution in [0, 0.1) is 0 Å². The first-order valence-corrected chi connectivity index (χ1v) is 5.43. The fraction of sp³-hybridized carbons (Fsp3) is 1.00. The van der Waals surface area contributed by atoms with E-state index in [1.807, 2.05) is 27.7 Å². The molecular formula is C11H30O2. The lowest BCUT2D eigenvalue weighted by atomic mass is 10.6. The Morgan fingerprint density at radius 2 is 1.00 bits per heavy atom. The summed E-state index contributed by atoms with van der Waals surface area (Å²) in [5.41, 5.74) is 0. The van der Waals surface area contributed by atoms with E-state index < -0.39 is 0 Å². The smallest absolute Gasteiger partial charge is 0.0437 e. The van der Waals surface area contributed by atoms with Gasteiger partial charge in [-0.25, -0.2) is 0 Å². The van der Waals surface area contributed by atoms with Crippen molar-refractivity contribution in [1.82, 2.24) is 0 Å². The summed E-state index contributed by atoms with van der Waals surface area (Å²) in [5, 5.41) is 7.57. The topological polar surface area (TPSA) is 29.5 Å². The molecule has 13 heavy (non-hydrogen) atoms. The summed E-state index contributed by atoms with van der Waals surface area (Å²) >= 11 is 0. The Morgan fingerprint density at radius 3 is 1.00 bits per heavy atom. The van der Waals surface area contributed by atoms with Crippen molar-refractivity contribution in [3.63, 3.8) is 0 Å². The predicted octanol–water partition coefficient (Wildman–Crippen LogP) is 3.48. The summed E-state index contributed by atoms with van der Waals surface area (Å²) in [4.78, 5) is 0. The van der Waals surface area contributed by atoms with Crippen LogP contribution in [0.1, 0.15) is 54.9 Å². The molecule has 0 aromatic carbocycles. The Balaban J connectivity index is -0.0000000446. The SMILES string of the molecule is CC.CCC.CCO.CCOCC. The standard InChI is InChI=1S/C4H10O.C3H8.C2H6O.C2H6/c1-3-5-4-2;1-3-2;1-2-3;1-2/h3-4H2,1-2H3;3H2,1-2H3;3H,2H2,1H3;1-2H3. The minimum absolute atomic E-state index is 0.250. The van der Waals surface area contributed by atoms with Gasteiger partial charge in [0.2, 0.25) is 0 Å². The summed E-state index contributed by atoms with van der Waals surface area (Å²) in [5.74, 6) is 0. The number of hydrogen-bond donors (Lipinski definition) is 1. The first-order valence-electron chi connectivity index (χ1n) is 5.43. The molecule has 0 saturated carbocycles. The van der Waals surface area contributed by atoms with Crippen LogP contribution in [0.25, 0.3) is 0 Å². The van der Waals surface area contributed by atoms with E-state index in [1.165, 1.54) is 6.42 Å². The molecule has 0 aliphatic rings. The van der Waals surface area contributed by atoms with Gasteiger partial charge in [-0.2, -0.15) is 0 Å². The third kappa shape index (κ3) is 318. The Morgan fingerprint density at radius 1 is 0.846 bits per heavy atom. The quantitative estimate of drug-likeness (QED) is 0.729. The molecule has 0 aromatic rings. The van der Waals surface area contributed by atoms with Crippen LogP contribution in [0.4, 0.5) is 0 Å². The van der Waals surface area contributed by atoms with Crippen molar-refractivity contribution in [1.29, 1.82) is 0 Å². The maximum absolute atomic E-state index is 7.57. The first kappa shape index (κ1) is 23.1. The highest BCUT2D eigenvalue weighted by molar-refractivity contribution is 4.07. The maximum atomic E-state index is 7.57. The van der Waals surface area contributed by atoms with Gasteiger partial charge in [0.25, 0.3) is 0 Å². The van der Waals surface area contributed by atoms with E-state index >= 15 is 0 Å². The van der Waals surface area contributed by atoms with Crippen molar-refractivity contribution < 1.29 is 9.84 Å². The van der Waals surface area contributed by atoms with E-state index in [4.69, 9.17) is 9.84 Å². The van der Waals surface area contributed by atoms with E-state index in [1.54, 1.807) is 6.92 Å². The molecule has 0 aliphatic carbocycles. The summed E-state index contributed by atoms with van der Waals surface area (Å²) in [6.45, 7) is 15.8. The molecule has 2 heteroatoms. The number of rotatable bonds is 2. The fourth-order valence-corrected chi connectivity index (χ4v) is 0.204. The van der Waals surface area contributed by atoms with Crippen molar-refractivity contribution in [2.24, 2.45) is 0 Å². The number of ether oxygens (including phenoxy) is 1. The van der Waals surface area contributed by atoms with Crippen molar-refractivity contribution in [3.8, 4) is 0 Å². The zero-order chi connectivity index (χ0) is 11.5. The summed E-state index contributed by atoms with van der Waals surface area (Å²) < 4.78 is 4.83. The van der Waals surface area contributed by atoms with E-state index in [0.29, 0.717) is 0 Å². The van der Waals surface area contributed by atoms with E-state index in [-0.39, 0.29) is 6.61 Å². The predicted molar refractivity (Wildman–Crippen MR) is 62.2 cm³/mol. The van der Waals surface area contributed by atoms with Crippen LogP contribution in [-0.2, 0) is 4.74 Å². The average molecular weight is 194 g/mol. The lowest BCUT2D eigenvalue weighted by molar-refractivity contribution is 0.162. The first-order chi connectivity index (χ1) is 6.24. The highest BCUT2D eigenvalue weighted by Crippen LogP contribution is 1.64. The second-order valence-electron chi connectivity index (χ2n) is 1.80. The molecule has 0 aliphatic heterocycles. The lowest BCUT2D eigenvalue weighted by Gasteiger charge is -1.86. The molecule has 0 rings (SSSR count). The molecule has 0 bridgehead atoms. The summed E-state index contributed by atoms with van der Waals surface area (Å²) in [6.07, 6.45) is 1.25. The second-order valence-corrected chi connectivity index (χ2v) is 1.80. The molecule has 1 N–H and O–H groups in total. The Labute approximate surface area is 85.3 Å². The molecule has 86 valence electrons. The van der Waals surface area contributed by atoms with Crippen LogP contribution in [-0.4, -0.2) is 24.9 Å². The largest absolute Gasteiger partial charge is 0.397 e. The molecule has 0 spiro atoms. The van der Waals surface area contributed by atoms with Crippen molar-refractivity contribution in [2.45, 2.75) is 54.9 Å². The van der Waals surface area contributed by atoms with Gasteiger partial charge in [0.15, 0.2) is 0 Å². The van der Waals surface area contributed by atoms with Crippen LogP contribution in [0.3, 0.4) is 0 Å². The average Bonchev–Trinajstić information content (AvgIpc) is 2.12. The van der Waals surface area contributed by atoms with Gasteiger partial charge in [0.1, 0.15) is 0 Å². The lowest BCUT2D eigenvalue weighted by Crippen LogP contribution is -1.84. The van der Waals surface area contributed by atoms with Crippen LogP contribution in [0.2, 0.25) is 0 Å². The van der Waals surface area contributed by atoms with Gasteiger partial charge >= 0.3 is 0 Å². The molecule has 0 fully saturated rings. The van der Waals surface area contributed by atoms with E-state index in [0.717, 1.165) is 13.2 Å². The minimum atomic E-state index is 0.250. The van der Waals surface area contributed by atoms with Crippen LogP contribution < -0.4 is 0 Å². The molecule has 0 saturated heterocycles. The normalized spacial score (nSPS) is 6.46. The molecule has 0 heterocycles. The molecule has 0 radical (unpaired) electrons. The Kier molecular flexibility index (Phi) is 104. The number of hydrogen-bond acceptors (Lipinski definition) is 2. The van der Waals surface area contributed by atoms with Crippen LogP contribution >= 0.6 is 0 Å². The van der Waals surface area contributed by atoms with Gasteiger partial charge in [0, 0.05) is 19.8 Å². The second kappa shape index (κ2) is 58.7. The zero-order valence-electron chi connectivity index (χ0n) is 10.7. The molecule has 0 aromatic heterocycles. The number of aliphatic hydroxyl groups is 1. The van der Waals surface area contributed by atoms with Crippen molar-refractivity contribution >= 4 is 0 Å². The fourth-order valence-electron chi connectivity index (χ4n) is 0.204. The van der Waals surface area contributed by atoms with Crippen molar-refractivity contribution in [2.75, 3.05) is 19.8 Å². The van der Waals surface area contributed by atoms with Crippen LogP contribution in [0.15, 0.2) is 0 Å².